The average Bonchev–Trinajstić information content (AvgIpc) is 3.04. The number of aryl methyl sites for hydroxylation is 1. The summed E-state index contributed by atoms with van der Waals surface area (Å²) in [6.45, 7) is 1.33. The van der Waals surface area contributed by atoms with E-state index >= 15 is 0 Å². The van der Waals surface area contributed by atoms with Crippen LogP contribution in [0.1, 0.15) is 17.2 Å². The Morgan fingerprint density at radius 1 is 1.27 bits per heavy atom. The van der Waals surface area contributed by atoms with Crippen molar-refractivity contribution in [3.63, 3.8) is 0 Å². The second-order valence-electron chi connectivity index (χ2n) is 5.76. The van der Waals surface area contributed by atoms with Gasteiger partial charge >= 0.3 is 0 Å². The van der Waals surface area contributed by atoms with Crippen molar-refractivity contribution in [2.45, 2.75) is 17.9 Å². The van der Waals surface area contributed by atoms with Gasteiger partial charge in [0.05, 0.1) is 15.9 Å². The van der Waals surface area contributed by atoms with Crippen molar-refractivity contribution >= 4 is 37.1 Å². The third-order valence-electron chi connectivity index (χ3n) is 4.01. The van der Waals surface area contributed by atoms with Gasteiger partial charge in [-0.15, -0.1) is 11.3 Å². The van der Waals surface area contributed by atoms with Gasteiger partial charge in [0.25, 0.3) is 5.69 Å². The first-order valence-electron chi connectivity index (χ1n) is 7.68. The molecule has 0 bridgehead atoms. The van der Waals surface area contributed by atoms with Gasteiger partial charge in [-0.1, -0.05) is 24.3 Å². The van der Waals surface area contributed by atoms with E-state index in [-0.39, 0.29) is 17.1 Å². The Bertz CT molecular complexity index is 1080. The molecule has 26 heavy (non-hydrogen) atoms. The summed E-state index contributed by atoms with van der Waals surface area (Å²) in [5.41, 5.74) is 0.725. The topological polar surface area (TPSA) is 110 Å². The lowest BCUT2D eigenvalue weighted by molar-refractivity contribution is -0.385. The molecule has 2 N–H and O–H groups in total. The Hall–Kier alpha value is -2.33. The number of nitro benzene ring substituents is 1. The van der Waals surface area contributed by atoms with Crippen LogP contribution in [0, 0.1) is 17.0 Å². The van der Waals surface area contributed by atoms with E-state index in [2.05, 4.69) is 4.72 Å². The number of nitro groups is 1. The van der Waals surface area contributed by atoms with Gasteiger partial charge in [0.2, 0.25) is 10.0 Å². The lowest BCUT2D eigenvalue weighted by Gasteiger charge is -2.13. The summed E-state index contributed by atoms with van der Waals surface area (Å²) < 4.78 is 28.4. The number of fused-ring (bicyclic) bond motifs is 1. The van der Waals surface area contributed by atoms with Crippen LogP contribution in [0.25, 0.3) is 10.1 Å². The SMILES string of the molecule is Cc1ccc([N+](=O)[O-])cc1S(=O)(=O)NCC(O)c1csc2ccccc12. The molecule has 1 unspecified atom stereocenters. The fraction of sp³-hybridized carbons (Fsp3) is 0.176. The molecule has 136 valence electrons. The molecule has 1 heterocycles. The van der Waals surface area contributed by atoms with Gasteiger partial charge in [-0.25, -0.2) is 13.1 Å². The predicted molar refractivity (Wildman–Crippen MR) is 99.8 cm³/mol. The summed E-state index contributed by atoms with van der Waals surface area (Å²) in [5.74, 6) is 0. The first-order valence-corrected chi connectivity index (χ1v) is 10.0. The van der Waals surface area contributed by atoms with Gasteiger partial charge in [0.1, 0.15) is 0 Å². The van der Waals surface area contributed by atoms with Crippen LogP contribution in [0.3, 0.4) is 0 Å². The van der Waals surface area contributed by atoms with E-state index in [1.165, 1.54) is 23.5 Å². The van der Waals surface area contributed by atoms with E-state index in [0.717, 1.165) is 16.2 Å². The number of aliphatic hydroxyl groups is 1. The third kappa shape index (κ3) is 3.61. The van der Waals surface area contributed by atoms with Crippen LogP contribution in [0.15, 0.2) is 52.7 Å². The van der Waals surface area contributed by atoms with Gasteiger partial charge in [-0.3, -0.25) is 10.1 Å². The molecule has 0 fully saturated rings. The molecule has 3 aromatic rings. The van der Waals surface area contributed by atoms with Gasteiger partial charge < -0.3 is 5.11 Å². The summed E-state index contributed by atoms with van der Waals surface area (Å²) in [5, 5.41) is 24.0. The largest absolute Gasteiger partial charge is 0.387 e. The van der Waals surface area contributed by atoms with E-state index in [1.54, 1.807) is 12.3 Å². The van der Waals surface area contributed by atoms with Crippen molar-refractivity contribution in [3.05, 3.63) is 69.1 Å². The molecule has 0 spiro atoms. The standard InChI is InChI=1S/C17H16N2O5S2/c1-11-6-7-12(19(21)22)8-17(11)26(23,24)18-9-15(20)14-10-25-16-5-3-2-4-13(14)16/h2-8,10,15,18,20H,9H2,1H3. The number of benzene rings is 2. The first kappa shape index (κ1) is 18.5. The van der Waals surface area contributed by atoms with Crippen LogP contribution in [0.2, 0.25) is 0 Å². The van der Waals surface area contributed by atoms with E-state index in [9.17, 15) is 23.6 Å². The Morgan fingerprint density at radius 3 is 2.73 bits per heavy atom. The highest BCUT2D eigenvalue weighted by molar-refractivity contribution is 7.89. The summed E-state index contributed by atoms with van der Waals surface area (Å²) in [7, 11) is -4.00. The van der Waals surface area contributed by atoms with Crippen molar-refractivity contribution in [1.29, 1.82) is 0 Å². The Morgan fingerprint density at radius 2 is 2.00 bits per heavy atom. The molecule has 1 aromatic heterocycles. The molecular formula is C17H16N2O5S2. The monoisotopic (exact) mass is 392 g/mol. The molecule has 0 aliphatic heterocycles. The summed E-state index contributed by atoms with van der Waals surface area (Å²) in [6.07, 6.45) is -1.03. The number of thiophene rings is 1. The molecule has 0 aliphatic carbocycles. The number of non-ortho nitro benzene ring substituents is 1. The highest BCUT2D eigenvalue weighted by atomic mass is 32.2. The van der Waals surface area contributed by atoms with E-state index in [1.807, 2.05) is 24.3 Å². The van der Waals surface area contributed by atoms with Gasteiger partial charge in [-0.2, -0.15) is 0 Å². The summed E-state index contributed by atoms with van der Waals surface area (Å²) in [6, 6.07) is 11.2. The molecule has 0 radical (unpaired) electrons. The molecule has 0 aliphatic rings. The van der Waals surface area contributed by atoms with Gasteiger partial charge in [-0.05, 0) is 29.3 Å². The number of nitrogens with one attached hydrogen (secondary N) is 1. The molecule has 0 saturated heterocycles. The maximum absolute atomic E-state index is 12.5. The Kier molecular flexibility index (Phi) is 5.05. The second-order valence-corrected chi connectivity index (χ2v) is 8.41. The van der Waals surface area contributed by atoms with E-state index < -0.39 is 21.1 Å². The molecule has 0 saturated carbocycles. The van der Waals surface area contributed by atoms with Crippen LogP contribution < -0.4 is 4.72 Å². The second kappa shape index (κ2) is 7.12. The number of nitrogens with zero attached hydrogens (tertiary/aromatic N) is 1. The summed E-state index contributed by atoms with van der Waals surface area (Å²) in [4.78, 5) is 10.1. The maximum atomic E-state index is 12.5. The number of sulfonamides is 1. The molecule has 9 heteroatoms. The molecule has 0 amide bonds. The van der Waals surface area contributed by atoms with Crippen LogP contribution in [-0.4, -0.2) is 25.0 Å². The fourth-order valence-corrected chi connectivity index (χ4v) is 4.93. The van der Waals surface area contributed by atoms with Crippen LogP contribution in [0.4, 0.5) is 5.69 Å². The zero-order chi connectivity index (χ0) is 18.9. The maximum Gasteiger partial charge on any atom is 0.270 e. The predicted octanol–water partition coefficient (Wildman–Crippen LogP) is 3.13. The average molecular weight is 392 g/mol. The smallest absolute Gasteiger partial charge is 0.270 e. The molecule has 7 nitrogen and oxygen atoms in total. The van der Waals surface area contributed by atoms with Crippen LogP contribution in [0.5, 0.6) is 0 Å². The van der Waals surface area contributed by atoms with Crippen molar-refractivity contribution in [2.24, 2.45) is 0 Å². The normalized spacial score (nSPS) is 13.0. The number of aliphatic hydroxyl groups excluding tert-OH is 1. The minimum atomic E-state index is -4.00. The van der Waals surface area contributed by atoms with Crippen molar-refractivity contribution in [3.8, 4) is 0 Å². The Labute approximate surface area is 154 Å². The highest BCUT2D eigenvalue weighted by Gasteiger charge is 2.22. The first-order chi connectivity index (χ1) is 12.3. The number of hydrogen-bond acceptors (Lipinski definition) is 6. The summed E-state index contributed by atoms with van der Waals surface area (Å²) >= 11 is 1.47. The minimum absolute atomic E-state index is 0.172. The number of rotatable bonds is 6. The van der Waals surface area contributed by atoms with E-state index in [4.69, 9.17) is 0 Å². The van der Waals surface area contributed by atoms with Crippen molar-refractivity contribution in [1.82, 2.24) is 4.72 Å². The minimum Gasteiger partial charge on any atom is -0.387 e. The van der Waals surface area contributed by atoms with Gasteiger partial charge in [0.15, 0.2) is 0 Å². The third-order valence-corrected chi connectivity index (χ3v) is 6.56. The highest BCUT2D eigenvalue weighted by Crippen LogP contribution is 2.30. The zero-order valence-corrected chi connectivity index (χ0v) is 15.4. The molecule has 3 rings (SSSR count). The lowest BCUT2D eigenvalue weighted by Crippen LogP contribution is -2.29. The molecule has 1 atom stereocenters. The quantitative estimate of drug-likeness (QED) is 0.495. The lowest BCUT2D eigenvalue weighted by atomic mass is 10.1. The molecule has 2 aromatic carbocycles. The van der Waals surface area contributed by atoms with Crippen molar-refractivity contribution in [2.75, 3.05) is 6.54 Å². The van der Waals surface area contributed by atoms with Crippen molar-refractivity contribution < 1.29 is 18.4 Å². The van der Waals surface area contributed by atoms with Gasteiger partial charge in [0, 0.05) is 28.9 Å². The molecular weight excluding hydrogens is 376 g/mol. The van der Waals surface area contributed by atoms with E-state index in [0.29, 0.717) is 11.1 Å². The van der Waals surface area contributed by atoms with Crippen LogP contribution >= 0.6 is 11.3 Å². The number of hydrogen-bond donors (Lipinski definition) is 2. The fourth-order valence-electron chi connectivity index (χ4n) is 2.62. The Balaban J connectivity index is 1.82. The zero-order valence-electron chi connectivity index (χ0n) is 13.7. The van der Waals surface area contributed by atoms with Crippen LogP contribution in [-0.2, 0) is 10.0 Å².